The molecule has 4 heteroatoms. The molecule has 0 bridgehead atoms. The molecule has 1 unspecified atom stereocenters. The third kappa shape index (κ3) is 3.10. The maximum Gasteiger partial charge on any atom is 0.260 e. The zero-order valence-electron chi connectivity index (χ0n) is 10.9. The van der Waals surface area contributed by atoms with Gasteiger partial charge in [-0.3, -0.25) is 9.59 Å². The second-order valence-corrected chi connectivity index (χ2v) is 4.52. The van der Waals surface area contributed by atoms with Crippen LogP contribution < -0.4 is 10.9 Å². The van der Waals surface area contributed by atoms with Crippen LogP contribution in [0.25, 0.3) is 0 Å². The van der Waals surface area contributed by atoms with Gasteiger partial charge in [-0.2, -0.15) is 0 Å². The molecule has 0 radical (unpaired) electrons. The van der Waals surface area contributed by atoms with Crippen LogP contribution in [0.1, 0.15) is 34.5 Å². The van der Waals surface area contributed by atoms with Crippen molar-refractivity contribution in [2.75, 3.05) is 0 Å². The fourth-order valence-corrected chi connectivity index (χ4v) is 1.81. The molecule has 2 aromatic rings. The van der Waals surface area contributed by atoms with Crippen molar-refractivity contribution in [3.63, 3.8) is 0 Å². The minimum atomic E-state index is -0.379. The van der Waals surface area contributed by atoms with E-state index in [4.69, 9.17) is 0 Å². The number of aromatic amines is 1. The molecule has 0 saturated carbocycles. The van der Waals surface area contributed by atoms with Crippen LogP contribution >= 0.6 is 0 Å². The van der Waals surface area contributed by atoms with Gasteiger partial charge in [-0.05, 0) is 31.5 Å². The quantitative estimate of drug-likeness (QED) is 0.884. The van der Waals surface area contributed by atoms with E-state index in [0.29, 0.717) is 0 Å². The Morgan fingerprint density at radius 2 is 1.89 bits per heavy atom. The standard InChI is InChI=1S/C15H16N2O2/c1-10-5-7-12(8-6-10)11(2)17-15(19)13-4-3-9-16-14(13)18/h3-9,11H,1-2H3,(H,16,18)(H,17,19). The molecule has 1 amide bonds. The monoisotopic (exact) mass is 256 g/mol. The van der Waals surface area contributed by atoms with Gasteiger partial charge in [-0.15, -0.1) is 0 Å². The first-order chi connectivity index (χ1) is 9.08. The Labute approximate surface area is 111 Å². The van der Waals surface area contributed by atoms with E-state index in [2.05, 4.69) is 10.3 Å². The molecule has 2 rings (SSSR count). The van der Waals surface area contributed by atoms with Crippen molar-refractivity contribution in [1.82, 2.24) is 10.3 Å². The van der Waals surface area contributed by atoms with Crippen molar-refractivity contribution in [1.29, 1.82) is 0 Å². The first-order valence-corrected chi connectivity index (χ1v) is 6.13. The van der Waals surface area contributed by atoms with Crippen LogP contribution in [0.15, 0.2) is 47.4 Å². The van der Waals surface area contributed by atoms with Crippen molar-refractivity contribution in [2.45, 2.75) is 19.9 Å². The number of carbonyl (C=O) groups excluding carboxylic acids is 1. The Balaban J connectivity index is 2.13. The number of nitrogens with one attached hydrogen (secondary N) is 2. The van der Waals surface area contributed by atoms with Gasteiger partial charge < -0.3 is 10.3 Å². The van der Waals surface area contributed by atoms with Gasteiger partial charge in [0.1, 0.15) is 5.56 Å². The number of pyridine rings is 1. The summed E-state index contributed by atoms with van der Waals surface area (Å²) in [6.45, 7) is 3.90. The average Bonchev–Trinajstić information content (AvgIpc) is 2.39. The minimum Gasteiger partial charge on any atom is -0.345 e. The maximum absolute atomic E-state index is 12.0. The Hall–Kier alpha value is -2.36. The van der Waals surface area contributed by atoms with Crippen LogP contribution in [-0.4, -0.2) is 10.9 Å². The molecule has 2 N–H and O–H groups in total. The molecule has 4 nitrogen and oxygen atoms in total. The number of aryl methyl sites for hydroxylation is 1. The summed E-state index contributed by atoms with van der Waals surface area (Å²) in [5.41, 5.74) is 1.92. The lowest BCUT2D eigenvalue weighted by Gasteiger charge is -2.14. The lowest BCUT2D eigenvalue weighted by molar-refractivity contribution is 0.0938. The number of aromatic nitrogens is 1. The van der Waals surface area contributed by atoms with Gasteiger partial charge in [0.2, 0.25) is 0 Å². The molecule has 19 heavy (non-hydrogen) atoms. The molecule has 0 aliphatic rings. The topological polar surface area (TPSA) is 62.0 Å². The molecule has 1 heterocycles. The highest BCUT2D eigenvalue weighted by Crippen LogP contribution is 2.13. The summed E-state index contributed by atoms with van der Waals surface area (Å²) >= 11 is 0. The van der Waals surface area contributed by atoms with Gasteiger partial charge in [0.15, 0.2) is 0 Å². The Kier molecular flexibility index (Phi) is 3.80. The number of rotatable bonds is 3. The predicted octanol–water partition coefficient (Wildman–Crippen LogP) is 2.17. The smallest absolute Gasteiger partial charge is 0.260 e. The highest BCUT2D eigenvalue weighted by molar-refractivity contribution is 5.93. The number of H-pyrrole nitrogens is 1. The zero-order valence-corrected chi connectivity index (χ0v) is 10.9. The number of amides is 1. The molecule has 1 aromatic carbocycles. The Morgan fingerprint density at radius 3 is 2.53 bits per heavy atom. The summed E-state index contributed by atoms with van der Waals surface area (Å²) < 4.78 is 0. The van der Waals surface area contributed by atoms with Crippen LogP contribution in [0.3, 0.4) is 0 Å². The van der Waals surface area contributed by atoms with E-state index in [9.17, 15) is 9.59 Å². The fourth-order valence-electron chi connectivity index (χ4n) is 1.81. The van der Waals surface area contributed by atoms with Gasteiger partial charge in [0.25, 0.3) is 11.5 Å². The van der Waals surface area contributed by atoms with E-state index >= 15 is 0 Å². The fraction of sp³-hybridized carbons (Fsp3) is 0.200. The van der Waals surface area contributed by atoms with E-state index < -0.39 is 0 Å². The molecule has 1 atom stereocenters. The molecule has 0 aliphatic heterocycles. The summed E-state index contributed by atoms with van der Waals surface area (Å²) in [7, 11) is 0. The first kappa shape index (κ1) is 13.1. The SMILES string of the molecule is Cc1ccc(C(C)NC(=O)c2ccc[nH]c2=O)cc1. The van der Waals surface area contributed by atoms with Gasteiger partial charge in [0, 0.05) is 6.20 Å². The predicted molar refractivity (Wildman–Crippen MR) is 74.1 cm³/mol. The second-order valence-electron chi connectivity index (χ2n) is 4.52. The first-order valence-electron chi connectivity index (χ1n) is 6.13. The molecule has 0 fully saturated rings. The molecule has 98 valence electrons. The van der Waals surface area contributed by atoms with Gasteiger partial charge in [-0.1, -0.05) is 29.8 Å². The number of carbonyl (C=O) groups is 1. The van der Waals surface area contributed by atoms with Crippen molar-refractivity contribution in [3.8, 4) is 0 Å². The minimum absolute atomic E-state index is 0.126. The molecular formula is C15H16N2O2. The number of benzene rings is 1. The Bertz CT molecular complexity index is 629. The van der Waals surface area contributed by atoms with E-state index in [0.717, 1.165) is 5.56 Å². The van der Waals surface area contributed by atoms with Crippen LogP contribution in [0.2, 0.25) is 0 Å². The van der Waals surface area contributed by atoms with E-state index in [1.54, 1.807) is 6.07 Å². The highest BCUT2D eigenvalue weighted by atomic mass is 16.2. The summed E-state index contributed by atoms with van der Waals surface area (Å²) in [5, 5.41) is 2.81. The van der Waals surface area contributed by atoms with E-state index in [1.165, 1.54) is 17.8 Å². The Morgan fingerprint density at radius 1 is 1.21 bits per heavy atom. The largest absolute Gasteiger partial charge is 0.345 e. The molecular weight excluding hydrogens is 240 g/mol. The van der Waals surface area contributed by atoms with Crippen LogP contribution in [0.4, 0.5) is 0 Å². The maximum atomic E-state index is 12.0. The van der Waals surface area contributed by atoms with Crippen molar-refractivity contribution in [2.24, 2.45) is 0 Å². The third-order valence-corrected chi connectivity index (χ3v) is 2.99. The number of hydrogen-bond acceptors (Lipinski definition) is 2. The lowest BCUT2D eigenvalue weighted by atomic mass is 10.1. The second kappa shape index (κ2) is 5.52. The zero-order chi connectivity index (χ0) is 13.8. The van der Waals surface area contributed by atoms with E-state index in [1.807, 2.05) is 38.1 Å². The summed E-state index contributed by atoms with van der Waals surface area (Å²) in [6, 6.07) is 10.9. The van der Waals surface area contributed by atoms with Gasteiger partial charge >= 0.3 is 0 Å². The summed E-state index contributed by atoms with van der Waals surface area (Å²) in [5.74, 6) is -0.366. The highest BCUT2D eigenvalue weighted by Gasteiger charge is 2.13. The molecule has 0 aliphatic carbocycles. The molecule has 0 saturated heterocycles. The summed E-state index contributed by atoms with van der Waals surface area (Å²) in [4.78, 5) is 26.0. The van der Waals surface area contributed by atoms with E-state index in [-0.39, 0.29) is 23.1 Å². The lowest BCUT2D eigenvalue weighted by Crippen LogP contribution is -2.31. The average molecular weight is 256 g/mol. The van der Waals surface area contributed by atoms with Crippen LogP contribution in [0.5, 0.6) is 0 Å². The third-order valence-electron chi connectivity index (χ3n) is 2.99. The molecule has 1 aromatic heterocycles. The van der Waals surface area contributed by atoms with Gasteiger partial charge in [-0.25, -0.2) is 0 Å². The summed E-state index contributed by atoms with van der Waals surface area (Å²) in [6.07, 6.45) is 1.50. The van der Waals surface area contributed by atoms with Crippen molar-refractivity contribution >= 4 is 5.91 Å². The molecule has 0 spiro atoms. The number of hydrogen-bond donors (Lipinski definition) is 2. The van der Waals surface area contributed by atoms with Crippen molar-refractivity contribution in [3.05, 3.63) is 69.6 Å². The normalized spacial score (nSPS) is 11.9. The van der Waals surface area contributed by atoms with Crippen LogP contribution in [-0.2, 0) is 0 Å². The van der Waals surface area contributed by atoms with Crippen molar-refractivity contribution < 1.29 is 4.79 Å². The van der Waals surface area contributed by atoms with Gasteiger partial charge in [0.05, 0.1) is 6.04 Å². The van der Waals surface area contributed by atoms with Crippen LogP contribution in [0, 0.1) is 6.92 Å².